The highest BCUT2D eigenvalue weighted by atomic mass is 32.2. The summed E-state index contributed by atoms with van der Waals surface area (Å²) >= 11 is 0. The molecule has 3 heterocycles. The molecule has 1 aromatic carbocycles. The first-order valence-corrected chi connectivity index (χ1v) is 12.2. The minimum atomic E-state index is -3.68. The fourth-order valence-corrected chi connectivity index (χ4v) is 5.86. The van der Waals surface area contributed by atoms with Gasteiger partial charge in [-0.15, -0.1) is 0 Å². The highest BCUT2D eigenvalue weighted by Crippen LogP contribution is 2.32. The zero-order chi connectivity index (χ0) is 22.7. The predicted octanol–water partition coefficient (Wildman–Crippen LogP) is 1.83. The number of aromatic nitrogens is 1. The maximum Gasteiger partial charge on any atom is 0.243 e. The number of likely N-dealkylation sites (tertiary alicyclic amines) is 1. The summed E-state index contributed by atoms with van der Waals surface area (Å²) in [5.41, 5.74) is 1.54. The van der Waals surface area contributed by atoms with Crippen LogP contribution in [0.15, 0.2) is 41.4 Å². The number of nitrogens with one attached hydrogen (secondary N) is 1. The van der Waals surface area contributed by atoms with Gasteiger partial charge in [-0.2, -0.15) is 4.31 Å². The van der Waals surface area contributed by atoms with Crippen LogP contribution >= 0.6 is 0 Å². The van der Waals surface area contributed by atoms with Crippen molar-refractivity contribution in [2.75, 3.05) is 51.8 Å². The molecule has 2 fully saturated rings. The van der Waals surface area contributed by atoms with Gasteiger partial charge in [0.05, 0.1) is 43.5 Å². The molecule has 1 unspecified atom stereocenters. The van der Waals surface area contributed by atoms with Crippen molar-refractivity contribution in [2.24, 2.45) is 7.05 Å². The molecule has 2 aliphatic rings. The lowest BCUT2D eigenvalue weighted by atomic mass is 10.1. The minimum absolute atomic E-state index is 0.123. The van der Waals surface area contributed by atoms with Crippen LogP contribution in [0.4, 0.5) is 5.69 Å². The summed E-state index contributed by atoms with van der Waals surface area (Å²) < 4.78 is 40.1. The van der Waals surface area contributed by atoms with Crippen LogP contribution < -0.4 is 10.1 Å². The van der Waals surface area contributed by atoms with Gasteiger partial charge >= 0.3 is 0 Å². The van der Waals surface area contributed by atoms with Crippen LogP contribution in [0.5, 0.6) is 5.75 Å². The third-order valence-electron chi connectivity index (χ3n) is 6.09. The second-order valence-corrected chi connectivity index (χ2v) is 10.0. The Bertz CT molecular complexity index is 1060. The average molecular weight is 463 g/mol. The van der Waals surface area contributed by atoms with E-state index in [1.54, 1.807) is 6.07 Å². The molecule has 1 N–H and O–H groups in total. The van der Waals surface area contributed by atoms with E-state index in [2.05, 4.69) is 20.9 Å². The van der Waals surface area contributed by atoms with Crippen LogP contribution in [0, 0.1) is 0 Å². The Morgan fingerprint density at radius 3 is 2.69 bits per heavy atom. The summed E-state index contributed by atoms with van der Waals surface area (Å²) in [5, 5.41) is 2.86. The third-order valence-corrected chi connectivity index (χ3v) is 7.98. The first-order chi connectivity index (χ1) is 15.4. The number of benzene rings is 1. The van der Waals surface area contributed by atoms with E-state index in [9.17, 15) is 13.2 Å². The summed E-state index contributed by atoms with van der Waals surface area (Å²) in [5.74, 6) is 0.213. The maximum absolute atomic E-state index is 13.0. The number of nitrogens with zero attached hydrogens (tertiary/aromatic N) is 3. The smallest absolute Gasteiger partial charge is 0.243 e. The van der Waals surface area contributed by atoms with Crippen molar-refractivity contribution in [3.63, 3.8) is 0 Å². The third kappa shape index (κ3) is 4.68. The van der Waals surface area contributed by atoms with Crippen molar-refractivity contribution >= 4 is 21.6 Å². The molecule has 1 aromatic heterocycles. The number of rotatable bonds is 7. The van der Waals surface area contributed by atoms with Crippen molar-refractivity contribution in [2.45, 2.75) is 23.8 Å². The number of ether oxygens (including phenoxy) is 2. The molecule has 2 aromatic rings. The van der Waals surface area contributed by atoms with E-state index in [4.69, 9.17) is 9.47 Å². The Balaban J connectivity index is 1.50. The lowest BCUT2D eigenvalue weighted by Gasteiger charge is -2.26. The average Bonchev–Trinajstić information content (AvgIpc) is 3.42. The standard InChI is InChI=1S/C22H30N4O5S/c1-24-9-3-5-19(24)20-6-4-10-25(20)16-22(27)23-18-15-17(7-8-21(18)30-2)32(28,29)26-11-13-31-14-12-26/h3,5,7-9,15,20H,4,6,10-14,16H2,1-2H3,(H,23,27). The van der Waals surface area contributed by atoms with Crippen LogP contribution in [0.1, 0.15) is 24.6 Å². The summed E-state index contributed by atoms with van der Waals surface area (Å²) in [6.45, 7) is 2.43. The van der Waals surface area contributed by atoms with Gasteiger partial charge in [-0.3, -0.25) is 9.69 Å². The molecule has 1 amide bonds. The van der Waals surface area contributed by atoms with Gasteiger partial charge in [0.15, 0.2) is 0 Å². The fourth-order valence-electron chi connectivity index (χ4n) is 4.43. The van der Waals surface area contributed by atoms with E-state index in [-0.39, 0.29) is 23.4 Å². The summed E-state index contributed by atoms with van der Waals surface area (Å²) in [6, 6.07) is 8.84. The first kappa shape index (κ1) is 22.8. The molecule has 1 atom stereocenters. The van der Waals surface area contributed by atoms with E-state index in [1.165, 1.54) is 29.2 Å². The first-order valence-electron chi connectivity index (χ1n) is 10.8. The molecule has 10 heteroatoms. The highest BCUT2D eigenvalue weighted by molar-refractivity contribution is 7.89. The number of morpholine rings is 1. The Morgan fingerprint density at radius 1 is 1.22 bits per heavy atom. The lowest BCUT2D eigenvalue weighted by Crippen LogP contribution is -2.40. The van der Waals surface area contributed by atoms with Gasteiger partial charge in [0, 0.05) is 32.0 Å². The molecule has 0 spiro atoms. The molecule has 2 saturated heterocycles. The number of hydrogen-bond acceptors (Lipinski definition) is 6. The topological polar surface area (TPSA) is 93.1 Å². The highest BCUT2D eigenvalue weighted by Gasteiger charge is 2.30. The number of anilines is 1. The number of sulfonamides is 1. The van der Waals surface area contributed by atoms with Crippen LogP contribution in [-0.2, 0) is 26.6 Å². The minimum Gasteiger partial charge on any atom is -0.495 e. The number of carbonyl (C=O) groups excluding carboxylic acids is 1. The Kier molecular flexibility index (Phi) is 6.85. The second kappa shape index (κ2) is 9.62. The van der Waals surface area contributed by atoms with E-state index >= 15 is 0 Å². The number of methoxy groups -OCH3 is 1. The monoisotopic (exact) mass is 462 g/mol. The maximum atomic E-state index is 13.0. The SMILES string of the molecule is COc1ccc(S(=O)(=O)N2CCOCC2)cc1NC(=O)CN1CCCC1c1cccn1C. The quantitative estimate of drug-likeness (QED) is 0.675. The molecular weight excluding hydrogens is 432 g/mol. The van der Waals surface area contributed by atoms with E-state index in [0.717, 1.165) is 19.4 Å². The molecule has 0 radical (unpaired) electrons. The number of aryl methyl sites for hydroxylation is 1. The summed E-state index contributed by atoms with van der Waals surface area (Å²) in [4.78, 5) is 15.2. The Labute approximate surface area is 188 Å². The van der Waals surface area contributed by atoms with E-state index < -0.39 is 10.0 Å². The van der Waals surface area contributed by atoms with Crippen molar-refractivity contribution in [3.05, 3.63) is 42.2 Å². The van der Waals surface area contributed by atoms with Crippen LogP contribution in [0.25, 0.3) is 0 Å². The van der Waals surface area contributed by atoms with E-state index in [0.29, 0.717) is 37.7 Å². The van der Waals surface area contributed by atoms with Gasteiger partial charge in [-0.1, -0.05) is 0 Å². The van der Waals surface area contributed by atoms with Gasteiger partial charge in [-0.05, 0) is 49.7 Å². The molecule has 9 nitrogen and oxygen atoms in total. The molecule has 0 aliphatic carbocycles. The van der Waals surface area contributed by atoms with Gasteiger partial charge in [0.25, 0.3) is 0 Å². The molecule has 32 heavy (non-hydrogen) atoms. The van der Waals surface area contributed by atoms with Gasteiger partial charge in [0.2, 0.25) is 15.9 Å². The Morgan fingerprint density at radius 2 is 2.00 bits per heavy atom. The van der Waals surface area contributed by atoms with Gasteiger partial charge in [0.1, 0.15) is 5.75 Å². The second-order valence-electron chi connectivity index (χ2n) is 8.10. The molecular formula is C22H30N4O5S. The van der Waals surface area contributed by atoms with Crippen molar-refractivity contribution in [1.82, 2.24) is 13.8 Å². The molecule has 4 rings (SSSR count). The Hall–Kier alpha value is -2.40. The van der Waals surface area contributed by atoms with Crippen LogP contribution in [0.3, 0.4) is 0 Å². The van der Waals surface area contributed by atoms with Crippen molar-refractivity contribution in [1.29, 1.82) is 0 Å². The predicted molar refractivity (Wildman–Crippen MR) is 120 cm³/mol. The number of carbonyl (C=O) groups is 1. The zero-order valence-corrected chi connectivity index (χ0v) is 19.3. The number of amides is 1. The normalized spacial score (nSPS) is 20.4. The fraction of sp³-hybridized carbons (Fsp3) is 0.500. The number of hydrogen-bond donors (Lipinski definition) is 1. The van der Waals surface area contributed by atoms with Crippen LogP contribution in [0.2, 0.25) is 0 Å². The zero-order valence-electron chi connectivity index (χ0n) is 18.5. The van der Waals surface area contributed by atoms with Crippen molar-refractivity contribution in [3.8, 4) is 5.75 Å². The van der Waals surface area contributed by atoms with Gasteiger partial charge in [-0.25, -0.2) is 8.42 Å². The molecule has 0 bridgehead atoms. The summed E-state index contributed by atoms with van der Waals surface area (Å²) in [6.07, 6.45) is 4.04. The van der Waals surface area contributed by atoms with Crippen LogP contribution in [-0.4, -0.2) is 74.6 Å². The lowest BCUT2D eigenvalue weighted by molar-refractivity contribution is -0.117. The molecule has 174 valence electrons. The van der Waals surface area contributed by atoms with E-state index in [1.807, 2.05) is 19.3 Å². The molecule has 2 aliphatic heterocycles. The van der Waals surface area contributed by atoms with Gasteiger partial charge < -0.3 is 19.4 Å². The largest absolute Gasteiger partial charge is 0.495 e. The summed E-state index contributed by atoms with van der Waals surface area (Å²) in [7, 11) is -0.173. The van der Waals surface area contributed by atoms with Crippen molar-refractivity contribution < 1.29 is 22.7 Å². The molecule has 0 saturated carbocycles.